The van der Waals surface area contributed by atoms with Crippen LogP contribution in [0, 0.1) is 0 Å². The van der Waals surface area contributed by atoms with Crippen molar-refractivity contribution in [2.24, 2.45) is 0 Å². The zero-order valence-electron chi connectivity index (χ0n) is 14.5. The molecule has 3 rings (SSSR count). The highest BCUT2D eigenvalue weighted by atomic mass is 16.5. The molecule has 1 saturated heterocycles. The molecule has 1 fully saturated rings. The molecule has 1 aromatic carbocycles. The summed E-state index contributed by atoms with van der Waals surface area (Å²) < 4.78 is 7.53. The van der Waals surface area contributed by atoms with Crippen molar-refractivity contribution in [1.82, 2.24) is 20.0 Å². The van der Waals surface area contributed by atoms with Crippen molar-refractivity contribution in [2.75, 3.05) is 31.6 Å². The average molecular weight is 343 g/mol. The lowest BCUT2D eigenvalue weighted by molar-refractivity contribution is -0.0285. The third-order valence-corrected chi connectivity index (χ3v) is 4.18. The van der Waals surface area contributed by atoms with Crippen LogP contribution in [0.15, 0.2) is 42.7 Å². The minimum absolute atomic E-state index is 0.00146. The second-order valence-electron chi connectivity index (χ2n) is 6.13. The van der Waals surface area contributed by atoms with Crippen molar-refractivity contribution in [3.05, 3.63) is 48.3 Å². The Balaban J connectivity index is 1.42. The molecule has 7 nitrogen and oxygen atoms in total. The highest BCUT2D eigenvalue weighted by Gasteiger charge is 2.21. The molecule has 0 saturated carbocycles. The van der Waals surface area contributed by atoms with Crippen LogP contribution in [0.25, 0.3) is 0 Å². The van der Waals surface area contributed by atoms with E-state index in [0.29, 0.717) is 18.8 Å². The molecule has 1 unspecified atom stereocenters. The van der Waals surface area contributed by atoms with Gasteiger partial charge in [0.1, 0.15) is 0 Å². The van der Waals surface area contributed by atoms with E-state index in [1.165, 1.54) is 5.56 Å². The lowest BCUT2D eigenvalue weighted by atomic mass is 10.2. The SMILES string of the molecule is CCn1cc(NC(=O)NCC2CN(Cc3ccccc3)CCO2)cn1. The number of nitrogens with zero attached hydrogens (tertiary/aromatic N) is 3. The van der Waals surface area contributed by atoms with Crippen molar-refractivity contribution in [3.63, 3.8) is 0 Å². The van der Waals surface area contributed by atoms with E-state index >= 15 is 0 Å². The first-order chi connectivity index (χ1) is 12.2. The minimum Gasteiger partial charge on any atom is -0.374 e. The van der Waals surface area contributed by atoms with Gasteiger partial charge in [-0.3, -0.25) is 9.58 Å². The Hall–Kier alpha value is -2.38. The van der Waals surface area contributed by atoms with Gasteiger partial charge in [-0.15, -0.1) is 0 Å². The summed E-state index contributed by atoms with van der Waals surface area (Å²) in [5.74, 6) is 0. The van der Waals surface area contributed by atoms with Gasteiger partial charge in [-0.2, -0.15) is 5.10 Å². The Morgan fingerprint density at radius 3 is 2.96 bits per heavy atom. The molecule has 25 heavy (non-hydrogen) atoms. The molecule has 2 N–H and O–H groups in total. The molecule has 2 heterocycles. The third-order valence-electron chi connectivity index (χ3n) is 4.18. The van der Waals surface area contributed by atoms with E-state index in [0.717, 1.165) is 26.2 Å². The second-order valence-corrected chi connectivity index (χ2v) is 6.13. The number of benzene rings is 1. The van der Waals surface area contributed by atoms with Crippen LogP contribution in [0.5, 0.6) is 0 Å². The quantitative estimate of drug-likeness (QED) is 0.841. The molecule has 7 heteroatoms. The fourth-order valence-electron chi connectivity index (χ4n) is 2.87. The molecule has 2 amide bonds. The fourth-order valence-corrected chi connectivity index (χ4v) is 2.87. The second kappa shape index (κ2) is 8.64. The number of aryl methyl sites for hydroxylation is 1. The maximum absolute atomic E-state index is 12.0. The third kappa shape index (κ3) is 5.30. The van der Waals surface area contributed by atoms with E-state index < -0.39 is 0 Å². The first-order valence-corrected chi connectivity index (χ1v) is 8.68. The maximum atomic E-state index is 12.0. The number of nitrogens with one attached hydrogen (secondary N) is 2. The zero-order chi connectivity index (χ0) is 17.5. The molecule has 1 aliphatic rings. The summed E-state index contributed by atoms with van der Waals surface area (Å²) in [4.78, 5) is 14.4. The highest BCUT2D eigenvalue weighted by Crippen LogP contribution is 2.10. The average Bonchev–Trinajstić information content (AvgIpc) is 3.09. The number of morpholine rings is 1. The lowest BCUT2D eigenvalue weighted by Gasteiger charge is -2.33. The van der Waals surface area contributed by atoms with Crippen molar-refractivity contribution in [1.29, 1.82) is 0 Å². The predicted octanol–water partition coefficient (Wildman–Crippen LogP) is 1.93. The van der Waals surface area contributed by atoms with Crippen LogP contribution < -0.4 is 10.6 Å². The number of amides is 2. The van der Waals surface area contributed by atoms with E-state index in [-0.39, 0.29) is 12.1 Å². The standard InChI is InChI=1S/C18H25N5O2/c1-2-23-13-16(10-20-23)21-18(24)19-11-17-14-22(8-9-25-17)12-15-6-4-3-5-7-15/h3-7,10,13,17H,2,8-9,11-12,14H2,1H3,(H2,19,21,24). The molecule has 0 spiro atoms. The summed E-state index contributed by atoms with van der Waals surface area (Å²) in [6, 6.07) is 10.2. The topological polar surface area (TPSA) is 71.4 Å². The van der Waals surface area contributed by atoms with E-state index in [9.17, 15) is 4.79 Å². The number of urea groups is 1. The zero-order valence-corrected chi connectivity index (χ0v) is 14.5. The van der Waals surface area contributed by atoms with Crippen LogP contribution in [0.2, 0.25) is 0 Å². The number of carbonyl (C=O) groups is 1. The van der Waals surface area contributed by atoms with Crippen LogP contribution in [-0.2, 0) is 17.8 Å². The maximum Gasteiger partial charge on any atom is 0.319 e. The monoisotopic (exact) mass is 343 g/mol. The summed E-state index contributed by atoms with van der Waals surface area (Å²) in [5.41, 5.74) is 1.98. The molecule has 0 radical (unpaired) electrons. The first-order valence-electron chi connectivity index (χ1n) is 8.68. The summed E-state index contributed by atoms with van der Waals surface area (Å²) >= 11 is 0. The van der Waals surface area contributed by atoms with Crippen LogP contribution in [0.3, 0.4) is 0 Å². The normalized spacial score (nSPS) is 18.0. The van der Waals surface area contributed by atoms with E-state index in [1.807, 2.05) is 13.0 Å². The molecule has 0 aliphatic carbocycles. The van der Waals surface area contributed by atoms with Gasteiger partial charge in [0, 0.05) is 38.9 Å². The largest absolute Gasteiger partial charge is 0.374 e. The van der Waals surface area contributed by atoms with Crippen LogP contribution in [-0.4, -0.2) is 53.1 Å². The molecule has 0 bridgehead atoms. The van der Waals surface area contributed by atoms with Gasteiger partial charge in [0.25, 0.3) is 0 Å². The number of hydrogen-bond acceptors (Lipinski definition) is 4. The van der Waals surface area contributed by atoms with E-state index in [2.05, 4.69) is 44.9 Å². The van der Waals surface area contributed by atoms with Gasteiger partial charge >= 0.3 is 6.03 Å². The summed E-state index contributed by atoms with van der Waals surface area (Å²) in [5, 5.41) is 9.79. The number of ether oxygens (including phenoxy) is 1. The first kappa shape index (κ1) is 17.4. The van der Waals surface area contributed by atoms with Crippen molar-refractivity contribution < 1.29 is 9.53 Å². The Labute approximate surface area is 148 Å². The van der Waals surface area contributed by atoms with Gasteiger partial charge in [-0.1, -0.05) is 30.3 Å². The van der Waals surface area contributed by atoms with Crippen molar-refractivity contribution in [2.45, 2.75) is 26.1 Å². The Morgan fingerprint density at radius 2 is 2.20 bits per heavy atom. The summed E-state index contributed by atoms with van der Waals surface area (Å²) in [6.07, 6.45) is 3.45. The number of anilines is 1. The molecule has 134 valence electrons. The van der Waals surface area contributed by atoms with Gasteiger partial charge in [-0.25, -0.2) is 4.79 Å². The van der Waals surface area contributed by atoms with Gasteiger partial charge < -0.3 is 15.4 Å². The Morgan fingerprint density at radius 1 is 1.36 bits per heavy atom. The van der Waals surface area contributed by atoms with Crippen molar-refractivity contribution in [3.8, 4) is 0 Å². The van der Waals surface area contributed by atoms with E-state index in [1.54, 1.807) is 17.1 Å². The molecule has 1 aliphatic heterocycles. The van der Waals surface area contributed by atoms with E-state index in [4.69, 9.17) is 4.74 Å². The van der Waals surface area contributed by atoms with Gasteiger partial charge in [-0.05, 0) is 12.5 Å². The Bertz CT molecular complexity index is 673. The van der Waals surface area contributed by atoms with Crippen LogP contribution >= 0.6 is 0 Å². The van der Waals surface area contributed by atoms with Gasteiger partial charge in [0.05, 0.1) is 24.6 Å². The number of hydrogen-bond donors (Lipinski definition) is 2. The molecular weight excluding hydrogens is 318 g/mol. The van der Waals surface area contributed by atoms with Gasteiger partial charge in [0.15, 0.2) is 0 Å². The number of carbonyl (C=O) groups excluding carboxylic acids is 1. The lowest BCUT2D eigenvalue weighted by Crippen LogP contribution is -2.47. The summed E-state index contributed by atoms with van der Waals surface area (Å²) in [7, 11) is 0. The van der Waals surface area contributed by atoms with Gasteiger partial charge in [0.2, 0.25) is 0 Å². The minimum atomic E-state index is -0.237. The fraction of sp³-hybridized carbons (Fsp3) is 0.444. The number of aromatic nitrogens is 2. The summed E-state index contributed by atoms with van der Waals surface area (Å²) in [6.45, 7) is 6.57. The predicted molar refractivity (Wildman–Crippen MR) is 96.4 cm³/mol. The Kier molecular flexibility index (Phi) is 6.03. The van der Waals surface area contributed by atoms with Crippen LogP contribution in [0.4, 0.5) is 10.5 Å². The smallest absolute Gasteiger partial charge is 0.319 e. The molecule has 2 aromatic rings. The van der Waals surface area contributed by atoms with Crippen LogP contribution in [0.1, 0.15) is 12.5 Å². The molecule has 1 atom stereocenters. The van der Waals surface area contributed by atoms with Crippen molar-refractivity contribution >= 4 is 11.7 Å². The molecule has 1 aromatic heterocycles. The highest BCUT2D eigenvalue weighted by molar-refractivity contribution is 5.88. The number of rotatable bonds is 6. The molecular formula is C18H25N5O2.